The van der Waals surface area contributed by atoms with Gasteiger partial charge in [0, 0.05) is 23.5 Å². The molecule has 0 aliphatic carbocycles. The van der Waals surface area contributed by atoms with Gasteiger partial charge >= 0.3 is 0 Å². The third kappa shape index (κ3) is 1.97. The molecule has 0 spiro atoms. The molecule has 1 aromatic heterocycles. The van der Waals surface area contributed by atoms with Gasteiger partial charge in [0.2, 0.25) is 0 Å². The molecule has 3 N–H and O–H groups in total. The maximum absolute atomic E-state index is 7.43. The van der Waals surface area contributed by atoms with Crippen molar-refractivity contribution in [1.82, 2.24) is 4.57 Å². The molecule has 0 saturated heterocycles. The standard InChI is InChI=1S/C11H19N3/c1-7(2)6-14-8(3)5-10(9(14)4)11(12)13/h5,7H,6H2,1-4H3,(H3,12,13). The van der Waals surface area contributed by atoms with Crippen molar-refractivity contribution in [3.8, 4) is 0 Å². The Morgan fingerprint density at radius 2 is 2.07 bits per heavy atom. The van der Waals surface area contributed by atoms with Crippen LogP contribution in [0.15, 0.2) is 6.07 Å². The molecule has 3 heteroatoms. The zero-order valence-corrected chi connectivity index (χ0v) is 9.39. The highest BCUT2D eigenvalue weighted by Gasteiger charge is 2.11. The van der Waals surface area contributed by atoms with E-state index >= 15 is 0 Å². The molecule has 0 radical (unpaired) electrons. The molecule has 78 valence electrons. The summed E-state index contributed by atoms with van der Waals surface area (Å²) < 4.78 is 2.22. The normalized spacial score (nSPS) is 10.9. The van der Waals surface area contributed by atoms with Gasteiger partial charge in [0.25, 0.3) is 0 Å². The Morgan fingerprint density at radius 1 is 1.50 bits per heavy atom. The van der Waals surface area contributed by atoms with Gasteiger partial charge in [-0.05, 0) is 25.8 Å². The van der Waals surface area contributed by atoms with Crippen LogP contribution in [0.2, 0.25) is 0 Å². The number of nitrogens with one attached hydrogen (secondary N) is 1. The molecule has 1 rings (SSSR count). The Balaban J connectivity index is 3.11. The maximum atomic E-state index is 7.43. The van der Waals surface area contributed by atoms with Crippen LogP contribution in [-0.2, 0) is 6.54 Å². The third-order valence-electron chi connectivity index (χ3n) is 2.41. The number of nitrogen functional groups attached to an aromatic ring is 1. The molecule has 0 atom stereocenters. The number of hydrogen-bond donors (Lipinski definition) is 2. The molecule has 0 amide bonds. The van der Waals surface area contributed by atoms with E-state index in [2.05, 4.69) is 25.3 Å². The van der Waals surface area contributed by atoms with E-state index in [-0.39, 0.29) is 5.84 Å². The molecule has 1 heterocycles. The van der Waals surface area contributed by atoms with Crippen molar-refractivity contribution in [2.45, 2.75) is 34.2 Å². The summed E-state index contributed by atoms with van der Waals surface area (Å²) >= 11 is 0. The van der Waals surface area contributed by atoms with Gasteiger partial charge in [0.1, 0.15) is 5.84 Å². The first-order chi connectivity index (χ1) is 6.43. The molecule has 0 saturated carbocycles. The Morgan fingerprint density at radius 3 is 2.43 bits per heavy atom. The predicted octanol–water partition coefficient (Wildman–Crippen LogP) is 2.05. The lowest BCUT2D eigenvalue weighted by molar-refractivity contribution is 0.509. The van der Waals surface area contributed by atoms with E-state index in [1.54, 1.807) is 0 Å². The van der Waals surface area contributed by atoms with Gasteiger partial charge in [-0.25, -0.2) is 0 Å². The van der Waals surface area contributed by atoms with Crippen LogP contribution in [0, 0.1) is 25.2 Å². The lowest BCUT2D eigenvalue weighted by Gasteiger charge is -2.12. The van der Waals surface area contributed by atoms with Gasteiger partial charge in [0.05, 0.1) is 0 Å². The molecule has 3 nitrogen and oxygen atoms in total. The lowest BCUT2D eigenvalue weighted by atomic mass is 10.2. The predicted molar refractivity (Wildman–Crippen MR) is 59.8 cm³/mol. The van der Waals surface area contributed by atoms with Gasteiger partial charge in [-0.1, -0.05) is 13.8 Å². The van der Waals surface area contributed by atoms with E-state index in [0.717, 1.165) is 17.8 Å². The van der Waals surface area contributed by atoms with E-state index in [0.29, 0.717) is 5.92 Å². The molecule has 0 fully saturated rings. The molecule has 0 bridgehead atoms. The van der Waals surface area contributed by atoms with Crippen molar-refractivity contribution in [3.63, 3.8) is 0 Å². The fourth-order valence-corrected chi connectivity index (χ4v) is 1.72. The molecule has 0 aliphatic heterocycles. The van der Waals surface area contributed by atoms with Crippen molar-refractivity contribution in [2.75, 3.05) is 0 Å². The van der Waals surface area contributed by atoms with Gasteiger partial charge in [0.15, 0.2) is 0 Å². The zero-order chi connectivity index (χ0) is 10.9. The summed E-state index contributed by atoms with van der Waals surface area (Å²) in [7, 11) is 0. The van der Waals surface area contributed by atoms with Crippen LogP contribution in [0.4, 0.5) is 0 Å². The second-order valence-corrected chi connectivity index (χ2v) is 4.20. The summed E-state index contributed by atoms with van der Waals surface area (Å²) in [5, 5.41) is 7.43. The lowest BCUT2D eigenvalue weighted by Crippen LogP contribution is -2.13. The summed E-state index contributed by atoms with van der Waals surface area (Å²) in [6, 6.07) is 1.99. The number of aromatic nitrogens is 1. The van der Waals surface area contributed by atoms with Crippen LogP contribution in [-0.4, -0.2) is 10.4 Å². The highest BCUT2D eigenvalue weighted by molar-refractivity contribution is 5.96. The van der Waals surface area contributed by atoms with Gasteiger partial charge < -0.3 is 10.3 Å². The van der Waals surface area contributed by atoms with Crippen LogP contribution in [0.3, 0.4) is 0 Å². The van der Waals surface area contributed by atoms with E-state index in [1.807, 2.05) is 13.0 Å². The minimum Gasteiger partial charge on any atom is -0.384 e. The minimum absolute atomic E-state index is 0.160. The summed E-state index contributed by atoms with van der Waals surface area (Å²) in [5.41, 5.74) is 8.64. The highest BCUT2D eigenvalue weighted by atomic mass is 15.0. The van der Waals surface area contributed by atoms with Gasteiger partial charge in [-0.3, -0.25) is 5.41 Å². The summed E-state index contributed by atoms with van der Waals surface area (Å²) in [5.74, 6) is 0.771. The van der Waals surface area contributed by atoms with Crippen molar-refractivity contribution in [3.05, 3.63) is 23.0 Å². The number of amidine groups is 1. The molecular formula is C11H19N3. The van der Waals surface area contributed by atoms with Gasteiger partial charge in [-0.2, -0.15) is 0 Å². The van der Waals surface area contributed by atoms with Crippen LogP contribution in [0.25, 0.3) is 0 Å². The Labute approximate surface area is 85.4 Å². The smallest absolute Gasteiger partial charge is 0.124 e. The molecule has 0 aromatic carbocycles. The van der Waals surface area contributed by atoms with Crippen molar-refractivity contribution >= 4 is 5.84 Å². The SMILES string of the molecule is Cc1cc(C(=N)N)c(C)n1CC(C)C. The van der Waals surface area contributed by atoms with Crippen LogP contribution in [0.1, 0.15) is 30.8 Å². The van der Waals surface area contributed by atoms with Crippen molar-refractivity contribution in [1.29, 1.82) is 5.41 Å². The number of nitrogens with zero attached hydrogens (tertiary/aromatic N) is 1. The second-order valence-electron chi connectivity index (χ2n) is 4.20. The fraction of sp³-hybridized carbons (Fsp3) is 0.545. The van der Waals surface area contributed by atoms with E-state index in [9.17, 15) is 0 Å². The molecule has 0 unspecified atom stereocenters. The van der Waals surface area contributed by atoms with Crippen LogP contribution >= 0.6 is 0 Å². The summed E-state index contributed by atoms with van der Waals surface area (Å²) in [4.78, 5) is 0. The number of nitrogens with two attached hydrogens (primary N) is 1. The monoisotopic (exact) mass is 193 g/mol. The first-order valence-electron chi connectivity index (χ1n) is 4.94. The number of hydrogen-bond acceptors (Lipinski definition) is 1. The van der Waals surface area contributed by atoms with Crippen molar-refractivity contribution < 1.29 is 0 Å². The maximum Gasteiger partial charge on any atom is 0.124 e. The molecule has 1 aromatic rings. The highest BCUT2D eigenvalue weighted by Crippen LogP contribution is 2.16. The zero-order valence-electron chi connectivity index (χ0n) is 9.39. The molecular weight excluding hydrogens is 174 g/mol. The van der Waals surface area contributed by atoms with E-state index in [1.165, 1.54) is 5.69 Å². The van der Waals surface area contributed by atoms with Gasteiger partial charge in [-0.15, -0.1) is 0 Å². The van der Waals surface area contributed by atoms with Crippen LogP contribution in [0.5, 0.6) is 0 Å². The quantitative estimate of drug-likeness (QED) is 0.560. The Hall–Kier alpha value is -1.25. The Kier molecular flexibility index (Phi) is 2.99. The fourth-order valence-electron chi connectivity index (χ4n) is 1.72. The topological polar surface area (TPSA) is 54.8 Å². The summed E-state index contributed by atoms with van der Waals surface area (Å²) in [6.45, 7) is 9.44. The average molecular weight is 193 g/mol. The second kappa shape index (κ2) is 3.86. The molecule has 0 aliphatic rings. The summed E-state index contributed by atoms with van der Waals surface area (Å²) in [6.07, 6.45) is 0. The Bertz CT molecular complexity index is 348. The van der Waals surface area contributed by atoms with Crippen molar-refractivity contribution in [2.24, 2.45) is 11.7 Å². The van der Waals surface area contributed by atoms with E-state index in [4.69, 9.17) is 11.1 Å². The largest absolute Gasteiger partial charge is 0.384 e. The average Bonchev–Trinajstić information content (AvgIpc) is 2.31. The third-order valence-corrected chi connectivity index (χ3v) is 2.41. The first-order valence-corrected chi connectivity index (χ1v) is 4.94. The van der Waals surface area contributed by atoms with E-state index < -0.39 is 0 Å². The van der Waals surface area contributed by atoms with Crippen LogP contribution < -0.4 is 5.73 Å². The minimum atomic E-state index is 0.160. The molecule has 14 heavy (non-hydrogen) atoms. The first kappa shape index (κ1) is 10.8. The number of aryl methyl sites for hydroxylation is 1. The number of rotatable bonds is 3.